The number of carbonyl (C=O) groups excluding carboxylic acids is 1. The summed E-state index contributed by atoms with van der Waals surface area (Å²) in [5, 5.41) is 10.3. The van der Waals surface area contributed by atoms with E-state index in [0.29, 0.717) is 19.7 Å². The number of rotatable bonds is 5. The van der Waals surface area contributed by atoms with Gasteiger partial charge in [-0.3, -0.25) is 0 Å². The van der Waals surface area contributed by atoms with Gasteiger partial charge in [-0.25, -0.2) is 4.79 Å². The largest absolute Gasteiger partial charge is 0.489 e. The van der Waals surface area contributed by atoms with Crippen molar-refractivity contribution in [3.63, 3.8) is 0 Å². The van der Waals surface area contributed by atoms with Gasteiger partial charge in [0.1, 0.15) is 18.0 Å². The lowest BCUT2D eigenvalue weighted by atomic mass is 10.2. The molecule has 2 unspecified atom stereocenters. The molecule has 28 heavy (non-hydrogen) atoms. The van der Waals surface area contributed by atoms with Crippen LogP contribution in [0.25, 0.3) is 0 Å². The third kappa shape index (κ3) is 5.91. The fourth-order valence-electron chi connectivity index (χ4n) is 2.88. The molecule has 1 heterocycles. The summed E-state index contributed by atoms with van der Waals surface area (Å²) in [6.07, 6.45) is -0.953. The van der Waals surface area contributed by atoms with Crippen molar-refractivity contribution in [1.29, 1.82) is 0 Å². The van der Waals surface area contributed by atoms with E-state index in [9.17, 15) is 9.90 Å². The molecule has 3 rings (SSSR count). The van der Waals surface area contributed by atoms with Gasteiger partial charge in [0.05, 0.1) is 17.9 Å². The van der Waals surface area contributed by atoms with Gasteiger partial charge < -0.3 is 19.5 Å². The Hall–Kier alpha value is -2.18. The molecule has 0 spiro atoms. The highest BCUT2D eigenvalue weighted by atomic mass is 32.2. The van der Waals surface area contributed by atoms with Gasteiger partial charge in [0.25, 0.3) is 0 Å². The number of thioether (sulfide) groups is 1. The highest BCUT2D eigenvalue weighted by molar-refractivity contribution is 8.00. The number of carbonyl (C=O) groups is 1. The Bertz CT molecular complexity index is 773. The number of amides is 1. The lowest BCUT2D eigenvalue weighted by Crippen LogP contribution is -2.35. The van der Waals surface area contributed by atoms with Crippen LogP contribution in [0.15, 0.2) is 59.5 Å². The summed E-state index contributed by atoms with van der Waals surface area (Å²) in [4.78, 5) is 14.8. The van der Waals surface area contributed by atoms with Crippen LogP contribution < -0.4 is 4.74 Å². The maximum atomic E-state index is 12.2. The minimum absolute atomic E-state index is 0.0800. The van der Waals surface area contributed by atoms with Crippen LogP contribution in [0.4, 0.5) is 4.79 Å². The molecule has 0 radical (unpaired) electrons. The van der Waals surface area contributed by atoms with E-state index in [1.54, 1.807) is 16.7 Å². The number of benzene rings is 2. The number of ether oxygens (including phenoxy) is 2. The maximum Gasteiger partial charge on any atom is 0.410 e. The molecular weight excluding hydrogens is 374 g/mol. The van der Waals surface area contributed by atoms with Gasteiger partial charge in [0.2, 0.25) is 0 Å². The second-order valence-corrected chi connectivity index (χ2v) is 9.17. The smallest absolute Gasteiger partial charge is 0.410 e. The molecule has 1 aliphatic rings. The van der Waals surface area contributed by atoms with Crippen molar-refractivity contribution in [2.75, 3.05) is 13.1 Å². The molecule has 1 fully saturated rings. The Balaban J connectivity index is 1.51. The molecule has 6 heteroatoms. The Morgan fingerprint density at radius 1 is 1.11 bits per heavy atom. The van der Waals surface area contributed by atoms with E-state index in [4.69, 9.17) is 9.47 Å². The van der Waals surface area contributed by atoms with Gasteiger partial charge in [0, 0.05) is 11.4 Å². The number of likely N-dealkylation sites (tertiary alicyclic amines) is 1. The lowest BCUT2D eigenvalue weighted by molar-refractivity contribution is 0.0270. The van der Waals surface area contributed by atoms with Crippen LogP contribution in [0.3, 0.4) is 0 Å². The van der Waals surface area contributed by atoms with Gasteiger partial charge in [-0.15, -0.1) is 11.8 Å². The minimum atomic E-state index is -0.577. The summed E-state index contributed by atoms with van der Waals surface area (Å²) >= 11 is 1.57. The number of aliphatic hydroxyl groups excluding tert-OH is 1. The third-order valence-corrected chi connectivity index (χ3v) is 5.56. The van der Waals surface area contributed by atoms with Crippen molar-refractivity contribution in [3.05, 3.63) is 60.2 Å². The van der Waals surface area contributed by atoms with Crippen molar-refractivity contribution in [3.8, 4) is 5.75 Å². The topological polar surface area (TPSA) is 59.0 Å². The molecule has 150 valence electrons. The van der Waals surface area contributed by atoms with Gasteiger partial charge in [0.15, 0.2) is 0 Å². The molecule has 2 aromatic rings. The second-order valence-electron chi connectivity index (χ2n) is 7.85. The average molecular weight is 402 g/mol. The number of aliphatic hydroxyl groups is 1. The van der Waals surface area contributed by atoms with E-state index in [1.165, 1.54) is 0 Å². The number of nitrogens with zero attached hydrogens (tertiary/aromatic N) is 1. The molecule has 1 saturated heterocycles. The lowest BCUT2D eigenvalue weighted by Gasteiger charge is -2.24. The Morgan fingerprint density at radius 3 is 2.43 bits per heavy atom. The van der Waals surface area contributed by atoms with Crippen LogP contribution in [0, 0.1) is 0 Å². The molecule has 5 nitrogen and oxygen atoms in total. The van der Waals surface area contributed by atoms with Crippen LogP contribution in [-0.2, 0) is 11.3 Å². The predicted octanol–water partition coefficient (Wildman–Crippen LogP) is 4.34. The van der Waals surface area contributed by atoms with Crippen molar-refractivity contribution in [1.82, 2.24) is 4.90 Å². The van der Waals surface area contributed by atoms with Gasteiger partial charge in [-0.05, 0) is 50.6 Å². The number of hydrogen-bond acceptors (Lipinski definition) is 5. The van der Waals surface area contributed by atoms with Gasteiger partial charge in [-0.1, -0.05) is 30.3 Å². The summed E-state index contributed by atoms with van der Waals surface area (Å²) < 4.78 is 11.2. The normalized spacial score (nSPS) is 19.5. The molecule has 0 saturated carbocycles. The molecule has 1 aliphatic heterocycles. The fraction of sp³-hybridized carbons (Fsp3) is 0.409. The summed E-state index contributed by atoms with van der Waals surface area (Å²) in [6, 6.07) is 17.8. The van der Waals surface area contributed by atoms with Gasteiger partial charge >= 0.3 is 6.09 Å². The summed E-state index contributed by atoms with van der Waals surface area (Å²) in [7, 11) is 0. The number of β-amino-alcohol motifs (C(OH)–C–C–N with tert-alkyl or cyclic N) is 1. The van der Waals surface area contributed by atoms with Gasteiger partial charge in [-0.2, -0.15) is 0 Å². The van der Waals surface area contributed by atoms with Crippen LogP contribution in [0.1, 0.15) is 26.3 Å². The van der Waals surface area contributed by atoms with Crippen molar-refractivity contribution in [2.24, 2.45) is 0 Å². The molecule has 0 aliphatic carbocycles. The van der Waals surface area contributed by atoms with Crippen LogP contribution >= 0.6 is 11.8 Å². The standard InChI is InChI=1S/C22H27NO4S/c1-22(2,3)27-21(25)23-13-19(24)20(14-23)28-18-11-9-17(10-12-18)26-15-16-7-5-4-6-8-16/h4-12,19-20,24H,13-15H2,1-3H3. The van der Waals surface area contributed by atoms with E-state index in [-0.39, 0.29) is 11.3 Å². The minimum Gasteiger partial charge on any atom is -0.489 e. The SMILES string of the molecule is CC(C)(C)OC(=O)N1CC(O)C(Sc2ccc(OCc3ccccc3)cc2)C1. The Kier molecular flexibility index (Phi) is 6.52. The first-order valence-electron chi connectivity index (χ1n) is 9.39. The molecule has 1 amide bonds. The van der Waals surface area contributed by atoms with Crippen LogP contribution in [-0.4, -0.2) is 46.1 Å². The monoisotopic (exact) mass is 401 g/mol. The molecule has 0 bridgehead atoms. The first kappa shape index (κ1) is 20.6. The summed E-state index contributed by atoms with van der Waals surface area (Å²) in [6.45, 7) is 6.80. The van der Waals surface area contributed by atoms with Crippen LogP contribution in [0.5, 0.6) is 5.75 Å². The molecule has 0 aromatic heterocycles. The first-order chi connectivity index (χ1) is 13.3. The third-order valence-electron chi connectivity index (χ3n) is 4.25. The average Bonchev–Trinajstić information content (AvgIpc) is 3.01. The van der Waals surface area contributed by atoms with E-state index in [2.05, 4.69) is 0 Å². The fourth-order valence-corrected chi connectivity index (χ4v) is 4.02. The zero-order valence-electron chi connectivity index (χ0n) is 16.5. The molecule has 1 N–H and O–H groups in total. The highest BCUT2D eigenvalue weighted by Crippen LogP contribution is 2.32. The Labute approximate surface area is 170 Å². The zero-order valence-corrected chi connectivity index (χ0v) is 17.3. The molecular formula is C22H27NO4S. The van der Waals surface area contributed by atoms with E-state index in [0.717, 1.165) is 16.2 Å². The van der Waals surface area contributed by atoms with Crippen LogP contribution in [0.2, 0.25) is 0 Å². The second kappa shape index (κ2) is 8.88. The van der Waals surface area contributed by atoms with Crippen molar-refractivity contribution in [2.45, 2.75) is 49.2 Å². The van der Waals surface area contributed by atoms with E-state index in [1.807, 2.05) is 75.4 Å². The first-order valence-corrected chi connectivity index (χ1v) is 10.3. The molecule has 2 aromatic carbocycles. The van der Waals surface area contributed by atoms with E-state index >= 15 is 0 Å². The summed E-state index contributed by atoms with van der Waals surface area (Å²) in [5.74, 6) is 0.801. The summed E-state index contributed by atoms with van der Waals surface area (Å²) in [5.41, 5.74) is 0.584. The maximum absolute atomic E-state index is 12.2. The number of hydrogen-bond donors (Lipinski definition) is 1. The van der Waals surface area contributed by atoms with Crippen molar-refractivity contribution < 1.29 is 19.4 Å². The Morgan fingerprint density at radius 2 is 1.79 bits per heavy atom. The predicted molar refractivity (Wildman–Crippen MR) is 111 cm³/mol. The highest BCUT2D eigenvalue weighted by Gasteiger charge is 2.36. The molecule has 2 atom stereocenters. The zero-order chi connectivity index (χ0) is 20.1. The van der Waals surface area contributed by atoms with Crippen molar-refractivity contribution >= 4 is 17.9 Å². The van der Waals surface area contributed by atoms with E-state index < -0.39 is 11.7 Å². The quantitative estimate of drug-likeness (QED) is 0.808.